The normalized spacial score (nSPS) is 11.0. The Morgan fingerprint density at radius 2 is 1.96 bits per heavy atom. The molecule has 0 radical (unpaired) electrons. The molecular weight excluding hydrogens is 352 g/mol. The molecule has 0 aliphatic rings. The molecule has 0 atom stereocenters. The van der Waals surface area contributed by atoms with E-state index in [-0.39, 0.29) is 5.91 Å². The van der Waals surface area contributed by atoms with Gasteiger partial charge in [0.2, 0.25) is 5.91 Å². The number of aromatic nitrogens is 1. The molecule has 0 fully saturated rings. The Bertz CT molecular complexity index is 889. The van der Waals surface area contributed by atoms with Gasteiger partial charge in [-0.1, -0.05) is 35.9 Å². The van der Waals surface area contributed by atoms with Crippen LogP contribution in [0.4, 0.5) is 0 Å². The number of carbonyl (C=O) groups excluding carboxylic acids is 1. The summed E-state index contributed by atoms with van der Waals surface area (Å²) in [5, 5.41) is 0.728. The molecule has 25 heavy (non-hydrogen) atoms. The van der Waals surface area contributed by atoms with Crippen molar-refractivity contribution in [3.8, 4) is 10.4 Å². The number of benzene rings is 1. The van der Waals surface area contributed by atoms with Gasteiger partial charge in [-0.3, -0.25) is 9.78 Å². The summed E-state index contributed by atoms with van der Waals surface area (Å²) in [6.45, 7) is 0.485. The van der Waals surface area contributed by atoms with Crippen LogP contribution in [0.15, 0.2) is 66.9 Å². The molecular formula is C20H17ClN2OS. The summed E-state index contributed by atoms with van der Waals surface area (Å²) in [4.78, 5) is 20.2. The molecule has 0 bridgehead atoms. The van der Waals surface area contributed by atoms with Crippen LogP contribution in [0.5, 0.6) is 0 Å². The van der Waals surface area contributed by atoms with Crippen LogP contribution in [0.3, 0.4) is 0 Å². The van der Waals surface area contributed by atoms with E-state index in [2.05, 4.69) is 4.98 Å². The smallest absolute Gasteiger partial charge is 0.246 e. The number of likely N-dealkylation sites (N-methyl/N-ethyl adjacent to an activating group) is 1. The third-order valence-electron chi connectivity index (χ3n) is 3.66. The number of rotatable bonds is 5. The average Bonchev–Trinajstić information content (AvgIpc) is 3.09. The van der Waals surface area contributed by atoms with E-state index in [1.54, 1.807) is 35.6 Å². The molecule has 0 N–H and O–H groups in total. The number of thiophene rings is 1. The Labute approximate surface area is 156 Å². The quantitative estimate of drug-likeness (QED) is 0.584. The van der Waals surface area contributed by atoms with Gasteiger partial charge in [-0.05, 0) is 36.4 Å². The van der Waals surface area contributed by atoms with Crippen LogP contribution >= 0.6 is 22.9 Å². The van der Waals surface area contributed by atoms with Gasteiger partial charge in [-0.25, -0.2) is 0 Å². The van der Waals surface area contributed by atoms with Crippen molar-refractivity contribution in [2.45, 2.75) is 6.54 Å². The van der Waals surface area contributed by atoms with Crippen molar-refractivity contribution in [2.75, 3.05) is 7.05 Å². The number of hydrogen-bond donors (Lipinski definition) is 0. The Morgan fingerprint density at radius 1 is 1.16 bits per heavy atom. The third-order valence-corrected chi connectivity index (χ3v) is 5.07. The van der Waals surface area contributed by atoms with E-state index in [1.807, 2.05) is 60.7 Å². The van der Waals surface area contributed by atoms with Crippen molar-refractivity contribution in [3.63, 3.8) is 0 Å². The molecule has 0 aliphatic heterocycles. The summed E-state index contributed by atoms with van der Waals surface area (Å²) >= 11 is 7.84. The van der Waals surface area contributed by atoms with Crippen molar-refractivity contribution in [1.29, 1.82) is 0 Å². The monoisotopic (exact) mass is 368 g/mol. The van der Waals surface area contributed by atoms with Gasteiger partial charge >= 0.3 is 0 Å². The fourth-order valence-electron chi connectivity index (χ4n) is 2.34. The van der Waals surface area contributed by atoms with Gasteiger partial charge in [0.15, 0.2) is 0 Å². The maximum absolute atomic E-state index is 12.2. The molecule has 0 aliphatic carbocycles. The highest BCUT2D eigenvalue weighted by molar-refractivity contribution is 7.16. The minimum atomic E-state index is -0.0571. The van der Waals surface area contributed by atoms with E-state index in [9.17, 15) is 4.79 Å². The first-order valence-corrected chi connectivity index (χ1v) is 9.01. The maximum Gasteiger partial charge on any atom is 0.246 e. The molecule has 3 aromatic rings. The van der Waals surface area contributed by atoms with E-state index in [4.69, 9.17) is 11.6 Å². The van der Waals surface area contributed by atoms with Crippen molar-refractivity contribution in [1.82, 2.24) is 9.88 Å². The highest BCUT2D eigenvalue weighted by Gasteiger charge is 2.08. The summed E-state index contributed by atoms with van der Waals surface area (Å²) in [6, 6.07) is 17.4. The number of halogens is 1. The minimum Gasteiger partial charge on any atom is -0.336 e. The highest BCUT2D eigenvalue weighted by atomic mass is 35.5. The Hall–Kier alpha value is -2.43. The predicted octanol–water partition coefficient (Wildman–Crippen LogP) is 5.14. The van der Waals surface area contributed by atoms with Crippen LogP contribution in [-0.2, 0) is 11.3 Å². The maximum atomic E-state index is 12.2. The second-order valence-corrected chi connectivity index (χ2v) is 7.05. The first-order valence-electron chi connectivity index (χ1n) is 7.81. The molecule has 0 saturated heterocycles. The summed E-state index contributed by atoms with van der Waals surface area (Å²) in [7, 11) is 1.77. The lowest BCUT2D eigenvalue weighted by atomic mass is 10.2. The molecule has 1 aromatic carbocycles. The summed E-state index contributed by atoms with van der Waals surface area (Å²) < 4.78 is 0. The predicted molar refractivity (Wildman–Crippen MR) is 105 cm³/mol. The van der Waals surface area contributed by atoms with Crippen molar-refractivity contribution in [3.05, 3.63) is 82.5 Å². The standard InChI is InChI=1S/C20H17ClN2OS/c1-23(14-15-6-4-5-13-22-15)20(24)12-10-16-9-11-19(25-16)17-7-2-3-8-18(17)21/h2-13H,14H2,1H3. The first-order chi connectivity index (χ1) is 12.1. The Morgan fingerprint density at radius 3 is 2.72 bits per heavy atom. The molecule has 3 rings (SSSR count). The van der Waals surface area contributed by atoms with Crippen molar-refractivity contribution >= 4 is 34.9 Å². The van der Waals surface area contributed by atoms with E-state index >= 15 is 0 Å². The lowest BCUT2D eigenvalue weighted by Gasteiger charge is -2.14. The van der Waals surface area contributed by atoms with E-state index in [0.717, 1.165) is 26.0 Å². The molecule has 0 saturated carbocycles. The second-order valence-electron chi connectivity index (χ2n) is 5.53. The van der Waals surface area contributed by atoms with Gasteiger partial charge in [0.25, 0.3) is 0 Å². The fraction of sp³-hybridized carbons (Fsp3) is 0.100. The molecule has 0 spiro atoms. The second kappa shape index (κ2) is 8.10. The molecule has 2 aromatic heterocycles. The van der Waals surface area contributed by atoms with Crippen LogP contribution in [0.25, 0.3) is 16.5 Å². The summed E-state index contributed by atoms with van der Waals surface area (Å²) in [5.41, 5.74) is 1.87. The summed E-state index contributed by atoms with van der Waals surface area (Å²) in [6.07, 6.45) is 5.15. The summed E-state index contributed by atoms with van der Waals surface area (Å²) in [5.74, 6) is -0.0571. The van der Waals surface area contributed by atoms with Gasteiger partial charge < -0.3 is 4.90 Å². The van der Waals surface area contributed by atoms with E-state index < -0.39 is 0 Å². The number of hydrogen-bond acceptors (Lipinski definition) is 3. The van der Waals surface area contributed by atoms with Crippen molar-refractivity contribution < 1.29 is 4.79 Å². The molecule has 5 heteroatoms. The Kier molecular flexibility index (Phi) is 5.64. The lowest BCUT2D eigenvalue weighted by Crippen LogP contribution is -2.24. The highest BCUT2D eigenvalue weighted by Crippen LogP contribution is 2.33. The van der Waals surface area contributed by atoms with E-state index in [1.165, 1.54) is 0 Å². The SMILES string of the molecule is CN(Cc1ccccn1)C(=O)C=Cc1ccc(-c2ccccc2Cl)s1. The minimum absolute atomic E-state index is 0.0571. The molecule has 126 valence electrons. The van der Waals surface area contributed by atoms with Crippen LogP contribution in [-0.4, -0.2) is 22.8 Å². The molecule has 2 heterocycles. The van der Waals surface area contributed by atoms with Gasteiger partial charge in [-0.2, -0.15) is 0 Å². The fourth-order valence-corrected chi connectivity index (χ4v) is 3.59. The van der Waals surface area contributed by atoms with Crippen molar-refractivity contribution in [2.24, 2.45) is 0 Å². The molecule has 3 nitrogen and oxygen atoms in total. The Balaban J connectivity index is 1.66. The lowest BCUT2D eigenvalue weighted by molar-refractivity contribution is -0.125. The topological polar surface area (TPSA) is 33.2 Å². The van der Waals surface area contributed by atoms with Gasteiger partial charge in [0.05, 0.1) is 12.2 Å². The largest absolute Gasteiger partial charge is 0.336 e. The number of carbonyl (C=O) groups is 1. The zero-order valence-electron chi connectivity index (χ0n) is 13.7. The number of amides is 1. The van der Waals surface area contributed by atoms with Crippen LogP contribution in [0, 0.1) is 0 Å². The van der Waals surface area contributed by atoms with Gasteiger partial charge in [0.1, 0.15) is 0 Å². The van der Waals surface area contributed by atoms with Gasteiger partial charge in [0, 0.05) is 39.7 Å². The zero-order valence-corrected chi connectivity index (χ0v) is 15.3. The molecule has 0 unspecified atom stereocenters. The number of pyridine rings is 1. The molecule has 1 amide bonds. The van der Waals surface area contributed by atoms with Gasteiger partial charge in [-0.15, -0.1) is 11.3 Å². The zero-order chi connectivity index (χ0) is 17.6. The van der Waals surface area contributed by atoms with Crippen LogP contribution in [0.1, 0.15) is 10.6 Å². The van der Waals surface area contributed by atoms with E-state index in [0.29, 0.717) is 6.54 Å². The van der Waals surface area contributed by atoms with Crippen LogP contribution in [0.2, 0.25) is 5.02 Å². The average molecular weight is 369 g/mol. The van der Waals surface area contributed by atoms with Crippen LogP contribution < -0.4 is 0 Å². The first kappa shape index (κ1) is 17.4. The third kappa shape index (κ3) is 4.56. The number of nitrogens with zero attached hydrogens (tertiary/aromatic N) is 2.